The Balaban J connectivity index is 0.00000364. The quantitative estimate of drug-likeness (QED) is 0.324. The summed E-state index contributed by atoms with van der Waals surface area (Å²) >= 11 is 6.33. The van der Waals surface area contributed by atoms with Gasteiger partial charge in [-0.05, 0) is 37.1 Å². The number of aliphatic imine (C=N–C) groups is 1. The number of nitrogens with zero attached hydrogens (tertiary/aromatic N) is 1. The van der Waals surface area contributed by atoms with E-state index in [4.69, 9.17) is 21.1 Å². The summed E-state index contributed by atoms with van der Waals surface area (Å²) < 4.78 is 10.9. The van der Waals surface area contributed by atoms with Gasteiger partial charge in [0.05, 0.1) is 24.8 Å². The van der Waals surface area contributed by atoms with E-state index in [1.165, 1.54) is 5.56 Å². The second kappa shape index (κ2) is 11.9. The van der Waals surface area contributed by atoms with Gasteiger partial charge in [-0.1, -0.05) is 41.9 Å². The zero-order chi connectivity index (χ0) is 18.9. The molecule has 148 valence electrons. The van der Waals surface area contributed by atoms with Crippen LogP contribution in [0, 0.1) is 0 Å². The van der Waals surface area contributed by atoms with Crippen molar-refractivity contribution in [3.63, 3.8) is 0 Å². The second-order valence-corrected chi connectivity index (χ2v) is 6.15. The van der Waals surface area contributed by atoms with E-state index in [9.17, 15) is 0 Å². The van der Waals surface area contributed by atoms with Gasteiger partial charge >= 0.3 is 0 Å². The molecule has 0 bridgehead atoms. The number of rotatable bonds is 7. The molecule has 0 aliphatic heterocycles. The molecule has 2 N–H and O–H groups in total. The third-order valence-electron chi connectivity index (χ3n) is 3.91. The summed E-state index contributed by atoms with van der Waals surface area (Å²) in [4.78, 5) is 4.29. The first-order valence-corrected chi connectivity index (χ1v) is 8.98. The number of methoxy groups -OCH3 is 1. The van der Waals surface area contributed by atoms with Gasteiger partial charge in [0.15, 0.2) is 17.5 Å². The Kier molecular flexibility index (Phi) is 10.3. The molecule has 0 aliphatic carbocycles. The number of ether oxygens (including phenoxy) is 2. The number of hydrogen-bond donors (Lipinski definition) is 2. The van der Waals surface area contributed by atoms with Crippen LogP contribution in [0.2, 0.25) is 5.02 Å². The second-order valence-electron chi connectivity index (χ2n) is 5.74. The van der Waals surface area contributed by atoms with E-state index in [1.54, 1.807) is 14.2 Å². The molecule has 7 heteroatoms. The Morgan fingerprint density at radius 1 is 1.22 bits per heavy atom. The Morgan fingerprint density at radius 2 is 1.93 bits per heavy atom. The van der Waals surface area contributed by atoms with Crippen LogP contribution >= 0.6 is 35.6 Å². The SMILES string of the molecule is CCOc1c(Cl)cc(CNC(=NC)NC(C)c2ccccc2)cc1OC.I. The van der Waals surface area contributed by atoms with Crippen LogP contribution in [-0.4, -0.2) is 26.7 Å². The van der Waals surface area contributed by atoms with E-state index in [-0.39, 0.29) is 30.0 Å². The average molecular weight is 504 g/mol. The number of guanidine groups is 1. The molecule has 0 spiro atoms. The highest BCUT2D eigenvalue weighted by atomic mass is 127. The predicted molar refractivity (Wildman–Crippen MR) is 123 cm³/mol. The van der Waals surface area contributed by atoms with Crippen LogP contribution in [0.25, 0.3) is 0 Å². The first-order chi connectivity index (χ1) is 12.6. The summed E-state index contributed by atoms with van der Waals surface area (Å²) in [5, 5.41) is 7.21. The van der Waals surface area contributed by atoms with Gasteiger partial charge in [0.1, 0.15) is 0 Å². The minimum absolute atomic E-state index is 0. The Morgan fingerprint density at radius 3 is 2.52 bits per heavy atom. The maximum atomic E-state index is 6.33. The first-order valence-electron chi connectivity index (χ1n) is 8.60. The standard InChI is InChI=1S/C20H26ClN3O2.HI/c1-5-26-19-17(21)11-15(12-18(19)25-4)13-23-20(22-3)24-14(2)16-9-7-6-8-10-16;/h6-12,14H,5,13H2,1-4H3,(H2,22,23,24);1H. The molecule has 1 unspecified atom stereocenters. The van der Waals surface area contributed by atoms with Gasteiger partial charge in [-0.3, -0.25) is 4.99 Å². The molecular formula is C20H27ClIN3O2. The molecule has 0 aromatic heterocycles. The molecule has 0 saturated carbocycles. The van der Waals surface area contributed by atoms with Gasteiger partial charge in [0.25, 0.3) is 0 Å². The molecule has 5 nitrogen and oxygen atoms in total. The largest absolute Gasteiger partial charge is 0.493 e. The van der Waals surface area contributed by atoms with Crippen molar-refractivity contribution in [1.82, 2.24) is 10.6 Å². The molecule has 0 heterocycles. The van der Waals surface area contributed by atoms with Crippen molar-refractivity contribution in [3.05, 3.63) is 58.6 Å². The third kappa shape index (κ3) is 6.77. The van der Waals surface area contributed by atoms with E-state index < -0.39 is 0 Å². The highest BCUT2D eigenvalue weighted by Crippen LogP contribution is 2.36. The highest BCUT2D eigenvalue weighted by molar-refractivity contribution is 14.0. The molecule has 2 aromatic carbocycles. The van der Waals surface area contributed by atoms with E-state index >= 15 is 0 Å². The minimum atomic E-state index is 0. The summed E-state index contributed by atoms with van der Waals surface area (Å²) in [6.45, 7) is 5.10. The van der Waals surface area contributed by atoms with Crippen LogP contribution in [0.15, 0.2) is 47.5 Å². The van der Waals surface area contributed by atoms with Gasteiger partial charge in [-0.2, -0.15) is 0 Å². The molecular weight excluding hydrogens is 477 g/mol. The average Bonchev–Trinajstić information content (AvgIpc) is 2.67. The monoisotopic (exact) mass is 503 g/mol. The van der Waals surface area contributed by atoms with Crippen molar-refractivity contribution in [1.29, 1.82) is 0 Å². The normalized spacial score (nSPS) is 12.0. The molecule has 2 rings (SSSR count). The number of halogens is 2. The van der Waals surface area contributed by atoms with E-state index in [1.807, 2.05) is 37.3 Å². The first kappa shape index (κ1) is 23.4. The molecule has 27 heavy (non-hydrogen) atoms. The molecule has 0 amide bonds. The summed E-state index contributed by atoms with van der Waals surface area (Å²) in [6, 6.07) is 14.2. The van der Waals surface area contributed by atoms with Crippen molar-refractivity contribution in [3.8, 4) is 11.5 Å². The summed E-state index contributed by atoms with van der Waals surface area (Å²) in [6.07, 6.45) is 0. The van der Waals surface area contributed by atoms with E-state index in [2.05, 4.69) is 34.7 Å². The summed E-state index contributed by atoms with van der Waals surface area (Å²) in [7, 11) is 3.35. The van der Waals surface area contributed by atoms with Crippen molar-refractivity contribution in [2.45, 2.75) is 26.4 Å². The van der Waals surface area contributed by atoms with Crippen molar-refractivity contribution < 1.29 is 9.47 Å². The molecule has 0 radical (unpaired) electrons. The lowest BCUT2D eigenvalue weighted by Gasteiger charge is -2.19. The topological polar surface area (TPSA) is 54.9 Å². The molecule has 1 atom stereocenters. The molecule has 0 fully saturated rings. The van der Waals surface area contributed by atoms with Crippen molar-refractivity contribution in [2.75, 3.05) is 20.8 Å². The van der Waals surface area contributed by atoms with Gasteiger partial charge < -0.3 is 20.1 Å². The van der Waals surface area contributed by atoms with Gasteiger partial charge in [-0.15, -0.1) is 24.0 Å². The maximum Gasteiger partial charge on any atom is 0.191 e. The zero-order valence-corrected chi connectivity index (χ0v) is 19.2. The maximum absolute atomic E-state index is 6.33. The van der Waals surface area contributed by atoms with Gasteiger partial charge in [0, 0.05) is 13.6 Å². The fourth-order valence-corrected chi connectivity index (χ4v) is 2.86. The van der Waals surface area contributed by atoms with Crippen LogP contribution in [0.1, 0.15) is 31.0 Å². The molecule has 2 aromatic rings. The minimum Gasteiger partial charge on any atom is -0.493 e. The fraction of sp³-hybridized carbons (Fsp3) is 0.350. The smallest absolute Gasteiger partial charge is 0.191 e. The lowest BCUT2D eigenvalue weighted by atomic mass is 10.1. The van der Waals surface area contributed by atoms with Gasteiger partial charge in [0.2, 0.25) is 0 Å². The Bertz CT molecular complexity index is 742. The Hall–Kier alpha value is -1.67. The van der Waals surface area contributed by atoms with Crippen LogP contribution in [0.4, 0.5) is 0 Å². The third-order valence-corrected chi connectivity index (χ3v) is 4.20. The fourth-order valence-electron chi connectivity index (χ4n) is 2.57. The molecule has 0 saturated heterocycles. The Labute approximate surface area is 183 Å². The number of benzene rings is 2. The van der Waals surface area contributed by atoms with Crippen LogP contribution in [-0.2, 0) is 6.54 Å². The van der Waals surface area contributed by atoms with E-state index in [0.717, 1.165) is 5.56 Å². The zero-order valence-electron chi connectivity index (χ0n) is 16.1. The highest BCUT2D eigenvalue weighted by Gasteiger charge is 2.12. The summed E-state index contributed by atoms with van der Waals surface area (Å²) in [5.74, 6) is 1.91. The van der Waals surface area contributed by atoms with Gasteiger partial charge in [-0.25, -0.2) is 0 Å². The molecule has 0 aliphatic rings. The van der Waals surface area contributed by atoms with Crippen molar-refractivity contribution >= 4 is 41.5 Å². The van der Waals surface area contributed by atoms with E-state index in [0.29, 0.717) is 35.6 Å². The van der Waals surface area contributed by atoms with Crippen LogP contribution in [0.3, 0.4) is 0 Å². The lowest BCUT2D eigenvalue weighted by Crippen LogP contribution is -2.38. The number of hydrogen-bond acceptors (Lipinski definition) is 3. The lowest BCUT2D eigenvalue weighted by molar-refractivity contribution is 0.311. The number of nitrogens with one attached hydrogen (secondary N) is 2. The summed E-state index contributed by atoms with van der Waals surface area (Å²) in [5.41, 5.74) is 2.17. The van der Waals surface area contributed by atoms with Crippen molar-refractivity contribution in [2.24, 2.45) is 4.99 Å². The predicted octanol–water partition coefficient (Wildman–Crippen LogP) is 4.79. The van der Waals surface area contributed by atoms with Crippen LogP contribution in [0.5, 0.6) is 11.5 Å². The van der Waals surface area contributed by atoms with Crippen LogP contribution < -0.4 is 20.1 Å².